The highest BCUT2D eigenvalue weighted by Gasteiger charge is 2.39. The van der Waals surface area contributed by atoms with Crippen LogP contribution in [0, 0.1) is 0 Å². The molecule has 0 radical (unpaired) electrons. The summed E-state index contributed by atoms with van der Waals surface area (Å²) in [4.78, 5) is 11.1. The van der Waals surface area contributed by atoms with Crippen LogP contribution in [0.3, 0.4) is 0 Å². The number of benzene rings is 1. The van der Waals surface area contributed by atoms with Crippen molar-refractivity contribution in [3.63, 3.8) is 0 Å². The van der Waals surface area contributed by atoms with Crippen molar-refractivity contribution < 1.29 is 19.0 Å². The molecule has 0 aliphatic heterocycles. The number of carboxylic acids is 1. The van der Waals surface area contributed by atoms with Gasteiger partial charge in [0.15, 0.2) is 0 Å². The standard InChI is InChI=1S/C12H17ClNO4P/c1-9(2)14(10(3)12(15)16)19(13,17)18-11-7-5-4-6-8-11/h4-10H,1-3H3,(H,15,16)/t10-,19?/m0/s1. The summed E-state index contributed by atoms with van der Waals surface area (Å²) in [6.07, 6.45) is 0. The van der Waals surface area contributed by atoms with E-state index >= 15 is 0 Å². The fourth-order valence-electron chi connectivity index (χ4n) is 1.70. The molecule has 0 saturated carbocycles. The lowest BCUT2D eigenvalue weighted by Crippen LogP contribution is -2.40. The first-order chi connectivity index (χ1) is 8.75. The molecule has 1 aromatic rings. The molecule has 7 heteroatoms. The lowest BCUT2D eigenvalue weighted by molar-refractivity contribution is -0.141. The van der Waals surface area contributed by atoms with E-state index in [1.807, 2.05) is 0 Å². The summed E-state index contributed by atoms with van der Waals surface area (Å²) in [6.45, 7) is 1.08. The van der Waals surface area contributed by atoms with Crippen LogP contribution >= 0.6 is 18.1 Å². The molecule has 19 heavy (non-hydrogen) atoms. The molecule has 5 nitrogen and oxygen atoms in total. The molecular formula is C12H17ClNO4P. The van der Waals surface area contributed by atoms with Crippen LogP contribution in [0.1, 0.15) is 20.8 Å². The van der Waals surface area contributed by atoms with Crippen molar-refractivity contribution in [2.24, 2.45) is 0 Å². The van der Waals surface area contributed by atoms with Crippen LogP contribution in [-0.2, 0) is 9.36 Å². The minimum absolute atomic E-state index is 0.335. The number of aliphatic carboxylic acids is 1. The van der Waals surface area contributed by atoms with Crippen LogP contribution in [0.15, 0.2) is 30.3 Å². The van der Waals surface area contributed by atoms with Gasteiger partial charge in [0, 0.05) is 17.3 Å². The SMILES string of the molecule is CC(C)N([C@@H](C)C(=O)O)P(=O)(Cl)Oc1ccccc1. The predicted octanol–water partition coefficient (Wildman–Crippen LogP) is 3.60. The quantitative estimate of drug-likeness (QED) is 0.813. The third-order valence-corrected chi connectivity index (χ3v) is 5.05. The van der Waals surface area contributed by atoms with E-state index in [9.17, 15) is 9.36 Å². The smallest absolute Gasteiger partial charge is 0.412 e. The second-order valence-electron chi connectivity index (χ2n) is 4.34. The van der Waals surface area contributed by atoms with Gasteiger partial charge in [-0.05, 0) is 32.9 Å². The Labute approximate surface area is 117 Å². The van der Waals surface area contributed by atoms with E-state index in [-0.39, 0.29) is 6.04 Å². The van der Waals surface area contributed by atoms with Crippen LogP contribution in [0.2, 0.25) is 0 Å². The van der Waals surface area contributed by atoms with Crippen molar-refractivity contribution in [1.82, 2.24) is 4.67 Å². The molecule has 1 aromatic carbocycles. The maximum Gasteiger partial charge on any atom is 0.412 e. The van der Waals surface area contributed by atoms with Gasteiger partial charge < -0.3 is 9.63 Å². The van der Waals surface area contributed by atoms with Crippen LogP contribution in [-0.4, -0.2) is 27.8 Å². The molecule has 1 N–H and O–H groups in total. The minimum atomic E-state index is -3.77. The van der Waals surface area contributed by atoms with Gasteiger partial charge in [0.25, 0.3) is 0 Å². The second-order valence-corrected chi connectivity index (χ2v) is 7.17. The van der Waals surface area contributed by atoms with Crippen LogP contribution in [0.25, 0.3) is 0 Å². The molecule has 1 rings (SSSR count). The van der Waals surface area contributed by atoms with Gasteiger partial charge in [-0.3, -0.25) is 4.79 Å². The molecule has 0 aliphatic rings. The number of nitrogens with zero attached hydrogens (tertiary/aromatic N) is 1. The maximum atomic E-state index is 12.5. The van der Waals surface area contributed by atoms with Gasteiger partial charge >= 0.3 is 12.8 Å². The summed E-state index contributed by atoms with van der Waals surface area (Å²) < 4.78 is 18.9. The lowest BCUT2D eigenvalue weighted by Gasteiger charge is -2.32. The Morgan fingerprint density at radius 2 is 1.84 bits per heavy atom. The molecule has 0 aliphatic carbocycles. The predicted molar refractivity (Wildman–Crippen MR) is 74.6 cm³/mol. The number of hydrogen-bond donors (Lipinski definition) is 1. The fraction of sp³-hybridized carbons (Fsp3) is 0.417. The van der Waals surface area contributed by atoms with Crippen LogP contribution in [0.4, 0.5) is 0 Å². The first-order valence-corrected chi connectivity index (χ1v) is 8.30. The van der Waals surface area contributed by atoms with E-state index in [1.54, 1.807) is 44.2 Å². The Hall–Kier alpha value is -1.03. The number of para-hydroxylation sites is 1. The average molecular weight is 306 g/mol. The molecule has 1 unspecified atom stereocenters. The topological polar surface area (TPSA) is 66.8 Å². The lowest BCUT2D eigenvalue weighted by atomic mass is 10.3. The number of rotatable bonds is 6. The summed E-state index contributed by atoms with van der Waals surface area (Å²) in [5.74, 6) is -0.768. The fourth-order valence-corrected chi connectivity index (χ4v) is 4.40. The summed E-state index contributed by atoms with van der Waals surface area (Å²) in [5, 5.41) is 9.05. The molecule has 106 valence electrons. The number of hydrogen-bond acceptors (Lipinski definition) is 3. The summed E-state index contributed by atoms with van der Waals surface area (Å²) >= 11 is 5.97. The Bertz CT molecular complexity index is 480. The van der Waals surface area contributed by atoms with E-state index in [0.29, 0.717) is 5.75 Å². The van der Waals surface area contributed by atoms with E-state index in [1.165, 1.54) is 11.6 Å². The van der Waals surface area contributed by atoms with Crippen molar-refractivity contribution in [3.8, 4) is 5.75 Å². The average Bonchev–Trinajstić information content (AvgIpc) is 2.28. The Kier molecular flexibility index (Phi) is 5.41. The molecule has 0 bridgehead atoms. The first kappa shape index (κ1) is 16.0. The number of carboxylic acid groups (broad SMARTS) is 1. The van der Waals surface area contributed by atoms with Gasteiger partial charge in [0.1, 0.15) is 11.8 Å². The zero-order valence-electron chi connectivity index (χ0n) is 11.0. The summed E-state index contributed by atoms with van der Waals surface area (Å²) in [6, 6.07) is 7.09. The Balaban J connectivity index is 3.00. The number of carbonyl (C=O) groups is 1. The van der Waals surface area contributed by atoms with Crippen molar-refractivity contribution in [2.45, 2.75) is 32.9 Å². The second kappa shape index (κ2) is 6.42. The van der Waals surface area contributed by atoms with Gasteiger partial charge in [-0.15, -0.1) is 0 Å². The third-order valence-electron chi connectivity index (χ3n) is 2.52. The van der Waals surface area contributed by atoms with Gasteiger partial charge in [-0.1, -0.05) is 18.2 Å². The van der Waals surface area contributed by atoms with Gasteiger partial charge in [-0.2, -0.15) is 4.67 Å². The first-order valence-electron chi connectivity index (χ1n) is 5.81. The summed E-state index contributed by atoms with van der Waals surface area (Å²) in [7, 11) is 0. The normalized spacial score (nSPS) is 16.1. The van der Waals surface area contributed by atoms with E-state index in [4.69, 9.17) is 20.9 Å². The summed E-state index contributed by atoms with van der Waals surface area (Å²) in [5.41, 5.74) is 0. The number of halogens is 1. The Morgan fingerprint density at radius 1 is 1.32 bits per heavy atom. The molecular weight excluding hydrogens is 289 g/mol. The molecule has 0 heterocycles. The minimum Gasteiger partial charge on any atom is -0.480 e. The molecule has 0 aromatic heterocycles. The van der Waals surface area contributed by atoms with Crippen molar-refractivity contribution in [1.29, 1.82) is 0 Å². The molecule has 0 fully saturated rings. The largest absolute Gasteiger partial charge is 0.480 e. The van der Waals surface area contributed by atoms with Crippen LogP contribution in [0.5, 0.6) is 5.75 Å². The molecule has 0 saturated heterocycles. The molecule has 2 atom stereocenters. The highest BCUT2D eigenvalue weighted by Crippen LogP contribution is 2.57. The Morgan fingerprint density at radius 3 is 2.26 bits per heavy atom. The van der Waals surface area contributed by atoms with E-state index in [0.717, 1.165) is 0 Å². The van der Waals surface area contributed by atoms with Crippen molar-refractivity contribution in [3.05, 3.63) is 30.3 Å². The zero-order chi connectivity index (χ0) is 14.6. The van der Waals surface area contributed by atoms with Crippen LogP contribution < -0.4 is 4.52 Å². The van der Waals surface area contributed by atoms with Gasteiger partial charge in [0.2, 0.25) is 0 Å². The third kappa shape index (κ3) is 4.23. The highest BCUT2D eigenvalue weighted by molar-refractivity contribution is 7.83. The van der Waals surface area contributed by atoms with E-state index in [2.05, 4.69) is 0 Å². The van der Waals surface area contributed by atoms with Gasteiger partial charge in [0.05, 0.1) is 0 Å². The van der Waals surface area contributed by atoms with Gasteiger partial charge in [-0.25, -0.2) is 4.57 Å². The highest BCUT2D eigenvalue weighted by atomic mass is 35.7. The molecule has 0 spiro atoms. The zero-order valence-corrected chi connectivity index (χ0v) is 12.6. The maximum absolute atomic E-state index is 12.5. The molecule has 0 amide bonds. The monoisotopic (exact) mass is 305 g/mol. The van der Waals surface area contributed by atoms with Crippen molar-refractivity contribution >= 4 is 24.1 Å². The van der Waals surface area contributed by atoms with E-state index < -0.39 is 18.9 Å². The van der Waals surface area contributed by atoms with Crippen molar-refractivity contribution in [2.75, 3.05) is 0 Å².